The first-order chi connectivity index (χ1) is 6.15. The molecule has 0 unspecified atom stereocenters. The fraction of sp³-hybridized carbons (Fsp3) is 0. The van der Waals surface area contributed by atoms with Crippen molar-refractivity contribution in [2.45, 2.75) is 0 Å². The van der Waals surface area contributed by atoms with Crippen molar-refractivity contribution < 1.29 is 4.79 Å². The lowest BCUT2D eigenvalue weighted by Gasteiger charge is -1.98. The second kappa shape index (κ2) is 3.80. The molecule has 0 saturated carbocycles. The van der Waals surface area contributed by atoms with E-state index in [9.17, 15) is 4.79 Å². The Bertz CT molecular complexity index is 397. The molecule has 0 fully saturated rings. The summed E-state index contributed by atoms with van der Waals surface area (Å²) >= 11 is 5.68. The van der Waals surface area contributed by atoms with Gasteiger partial charge in [0, 0.05) is 10.5 Å². The molecule has 0 saturated heterocycles. The SMILES string of the molecule is [N-]=[N+]=Nc1ccc(C(N)=O)cc1Cl. The average molecular weight is 197 g/mol. The molecule has 0 aromatic heterocycles. The first kappa shape index (κ1) is 9.38. The predicted molar refractivity (Wildman–Crippen MR) is 48.8 cm³/mol. The van der Waals surface area contributed by atoms with Gasteiger partial charge in [0.1, 0.15) is 0 Å². The summed E-state index contributed by atoms with van der Waals surface area (Å²) in [6.07, 6.45) is 0. The maximum absolute atomic E-state index is 10.7. The highest BCUT2D eigenvalue weighted by molar-refractivity contribution is 6.33. The average Bonchev–Trinajstić information content (AvgIpc) is 2.08. The third kappa shape index (κ3) is 2.11. The van der Waals surface area contributed by atoms with Crippen LogP contribution in [0, 0.1) is 0 Å². The molecule has 1 rings (SSSR count). The predicted octanol–water partition coefficient (Wildman–Crippen LogP) is 2.38. The highest BCUT2D eigenvalue weighted by Crippen LogP contribution is 2.25. The van der Waals surface area contributed by atoms with Crippen LogP contribution >= 0.6 is 11.6 Å². The number of nitrogens with two attached hydrogens (primary N) is 1. The first-order valence-corrected chi connectivity index (χ1v) is 3.67. The molecule has 6 heteroatoms. The van der Waals surface area contributed by atoms with Crippen molar-refractivity contribution in [1.82, 2.24) is 0 Å². The van der Waals surface area contributed by atoms with Crippen molar-refractivity contribution in [3.63, 3.8) is 0 Å². The van der Waals surface area contributed by atoms with E-state index in [1.54, 1.807) is 0 Å². The van der Waals surface area contributed by atoms with Crippen LogP contribution in [0.15, 0.2) is 23.3 Å². The maximum Gasteiger partial charge on any atom is 0.248 e. The summed E-state index contributed by atoms with van der Waals surface area (Å²) < 4.78 is 0. The van der Waals surface area contributed by atoms with Gasteiger partial charge < -0.3 is 5.73 Å². The Morgan fingerprint density at radius 3 is 2.77 bits per heavy atom. The molecule has 0 spiro atoms. The van der Waals surface area contributed by atoms with Gasteiger partial charge in [0.15, 0.2) is 0 Å². The summed E-state index contributed by atoms with van der Waals surface area (Å²) in [4.78, 5) is 13.2. The van der Waals surface area contributed by atoms with Crippen LogP contribution in [-0.4, -0.2) is 5.91 Å². The Labute approximate surface area is 78.7 Å². The number of hydrogen-bond donors (Lipinski definition) is 1. The fourth-order valence-electron chi connectivity index (χ4n) is 0.789. The minimum absolute atomic E-state index is 0.203. The summed E-state index contributed by atoms with van der Waals surface area (Å²) in [6.45, 7) is 0. The number of primary amides is 1. The lowest BCUT2D eigenvalue weighted by molar-refractivity contribution is 0.100. The zero-order valence-electron chi connectivity index (χ0n) is 6.44. The molecule has 0 aliphatic carbocycles. The van der Waals surface area contributed by atoms with E-state index in [1.165, 1.54) is 18.2 Å². The van der Waals surface area contributed by atoms with Gasteiger partial charge in [-0.15, -0.1) is 0 Å². The highest BCUT2D eigenvalue weighted by Gasteiger charge is 2.03. The molecular weight excluding hydrogens is 192 g/mol. The molecule has 1 aromatic carbocycles. The number of nitrogens with zero attached hydrogens (tertiary/aromatic N) is 3. The molecule has 13 heavy (non-hydrogen) atoms. The van der Waals surface area contributed by atoms with E-state index in [0.717, 1.165) is 0 Å². The van der Waals surface area contributed by atoms with Crippen LogP contribution in [-0.2, 0) is 0 Å². The van der Waals surface area contributed by atoms with Crippen molar-refractivity contribution in [3.8, 4) is 0 Å². The van der Waals surface area contributed by atoms with E-state index >= 15 is 0 Å². The zero-order chi connectivity index (χ0) is 9.84. The number of halogens is 1. The highest BCUT2D eigenvalue weighted by atomic mass is 35.5. The van der Waals surface area contributed by atoms with Crippen molar-refractivity contribution in [2.24, 2.45) is 10.8 Å². The van der Waals surface area contributed by atoms with Gasteiger partial charge in [0.05, 0.1) is 10.7 Å². The summed E-state index contributed by atoms with van der Waals surface area (Å²) in [5.41, 5.74) is 13.7. The quantitative estimate of drug-likeness (QED) is 0.439. The minimum Gasteiger partial charge on any atom is -0.366 e. The Kier molecular flexibility index (Phi) is 2.74. The summed E-state index contributed by atoms with van der Waals surface area (Å²) in [5.74, 6) is -0.575. The standard InChI is InChI=1S/C7H5ClN4O/c8-5-3-4(7(9)13)1-2-6(5)11-12-10/h1-3H,(H2,9,13). The minimum atomic E-state index is -0.575. The van der Waals surface area contributed by atoms with Crippen LogP contribution < -0.4 is 5.73 Å². The molecule has 66 valence electrons. The number of hydrogen-bond acceptors (Lipinski definition) is 2. The van der Waals surface area contributed by atoms with Crippen LogP contribution in [0.5, 0.6) is 0 Å². The molecular formula is C7H5ClN4O. The number of azide groups is 1. The molecule has 0 aliphatic heterocycles. The first-order valence-electron chi connectivity index (χ1n) is 3.29. The second-order valence-corrected chi connectivity index (χ2v) is 2.63. The van der Waals surface area contributed by atoms with Crippen molar-refractivity contribution >= 4 is 23.2 Å². The summed E-state index contributed by atoms with van der Waals surface area (Å²) in [5, 5.41) is 3.51. The van der Waals surface area contributed by atoms with Crippen molar-refractivity contribution in [1.29, 1.82) is 0 Å². The van der Waals surface area contributed by atoms with Gasteiger partial charge in [-0.3, -0.25) is 4.79 Å². The van der Waals surface area contributed by atoms with E-state index in [0.29, 0.717) is 0 Å². The Morgan fingerprint density at radius 2 is 2.31 bits per heavy atom. The third-order valence-electron chi connectivity index (χ3n) is 1.38. The van der Waals surface area contributed by atoms with E-state index < -0.39 is 5.91 Å². The number of carbonyl (C=O) groups excluding carboxylic acids is 1. The molecule has 0 radical (unpaired) electrons. The summed E-state index contributed by atoms with van der Waals surface area (Å²) in [6, 6.07) is 4.23. The van der Waals surface area contributed by atoms with Gasteiger partial charge in [-0.1, -0.05) is 22.8 Å². The molecule has 0 bridgehead atoms. The molecule has 5 nitrogen and oxygen atoms in total. The van der Waals surface area contributed by atoms with E-state index in [-0.39, 0.29) is 16.3 Å². The van der Waals surface area contributed by atoms with E-state index in [2.05, 4.69) is 10.0 Å². The second-order valence-electron chi connectivity index (χ2n) is 2.22. The van der Waals surface area contributed by atoms with Gasteiger partial charge in [-0.2, -0.15) is 0 Å². The molecule has 0 heterocycles. The normalized spacial score (nSPS) is 9.00. The maximum atomic E-state index is 10.7. The molecule has 0 aliphatic rings. The largest absolute Gasteiger partial charge is 0.366 e. The lowest BCUT2D eigenvalue weighted by atomic mass is 10.2. The van der Waals surface area contributed by atoms with E-state index in [4.69, 9.17) is 22.9 Å². The Morgan fingerprint density at radius 1 is 1.62 bits per heavy atom. The van der Waals surface area contributed by atoms with Crippen LogP contribution in [0.25, 0.3) is 10.4 Å². The van der Waals surface area contributed by atoms with Crippen LogP contribution in [0.1, 0.15) is 10.4 Å². The monoisotopic (exact) mass is 196 g/mol. The molecule has 1 aromatic rings. The zero-order valence-corrected chi connectivity index (χ0v) is 7.19. The van der Waals surface area contributed by atoms with Crippen LogP contribution in [0.4, 0.5) is 5.69 Å². The van der Waals surface area contributed by atoms with Crippen LogP contribution in [0.2, 0.25) is 5.02 Å². The Balaban J connectivity index is 3.19. The molecule has 0 atom stereocenters. The summed E-state index contributed by atoms with van der Waals surface area (Å²) in [7, 11) is 0. The van der Waals surface area contributed by atoms with Gasteiger partial charge in [-0.05, 0) is 17.7 Å². The third-order valence-corrected chi connectivity index (χ3v) is 1.69. The van der Waals surface area contributed by atoms with Gasteiger partial charge in [0.2, 0.25) is 5.91 Å². The van der Waals surface area contributed by atoms with Crippen molar-refractivity contribution in [2.75, 3.05) is 0 Å². The number of amides is 1. The number of carbonyl (C=O) groups is 1. The topological polar surface area (TPSA) is 91.8 Å². The Hall–Kier alpha value is -1.71. The lowest BCUT2D eigenvalue weighted by Crippen LogP contribution is -2.10. The van der Waals surface area contributed by atoms with E-state index in [1.807, 2.05) is 0 Å². The van der Waals surface area contributed by atoms with Gasteiger partial charge in [0.25, 0.3) is 0 Å². The van der Waals surface area contributed by atoms with Gasteiger partial charge >= 0.3 is 0 Å². The van der Waals surface area contributed by atoms with Crippen LogP contribution in [0.3, 0.4) is 0 Å². The number of rotatable bonds is 2. The van der Waals surface area contributed by atoms with Crippen molar-refractivity contribution in [3.05, 3.63) is 39.2 Å². The number of benzene rings is 1. The molecule has 1 amide bonds. The van der Waals surface area contributed by atoms with Gasteiger partial charge in [-0.25, -0.2) is 0 Å². The smallest absolute Gasteiger partial charge is 0.248 e. The fourth-order valence-corrected chi connectivity index (χ4v) is 1.01. The molecule has 2 N–H and O–H groups in total.